The Morgan fingerprint density at radius 3 is 2.69 bits per heavy atom. The van der Waals surface area contributed by atoms with E-state index in [0.717, 1.165) is 10.5 Å². The first kappa shape index (κ1) is 7.53. The molecule has 6 nitrogen and oxygen atoms in total. The zero-order valence-corrected chi connectivity index (χ0v) is 6.64. The minimum absolute atomic E-state index is 0.399. The van der Waals surface area contributed by atoms with Crippen molar-refractivity contribution in [2.45, 2.75) is 0 Å². The van der Waals surface area contributed by atoms with Crippen LogP contribution in [0.1, 0.15) is 0 Å². The minimum atomic E-state index is -0.399. The molecule has 2 rings (SSSR count). The summed E-state index contributed by atoms with van der Waals surface area (Å²) in [7, 11) is 0. The summed E-state index contributed by atoms with van der Waals surface area (Å²) in [6, 6.07) is 9.24. The normalized spacial score (nSPS) is 9.85. The molecule has 0 saturated carbocycles. The molecule has 0 aliphatic carbocycles. The van der Waals surface area contributed by atoms with Gasteiger partial charge in [-0.1, -0.05) is 23.0 Å². The standard InChI is InChI=1S/C7H7N5O/c13-7-8-10-11-12(7)9-6-4-2-1-3-5-6/h1-5,9H,(H,8,11,13). The summed E-state index contributed by atoms with van der Waals surface area (Å²) in [6.45, 7) is 0. The molecule has 13 heavy (non-hydrogen) atoms. The van der Waals surface area contributed by atoms with Gasteiger partial charge in [-0.25, -0.2) is 9.89 Å². The zero-order valence-electron chi connectivity index (χ0n) is 6.64. The molecule has 66 valence electrons. The van der Waals surface area contributed by atoms with Gasteiger partial charge in [-0.05, 0) is 22.6 Å². The lowest BCUT2D eigenvalue weighted by Gasteiger charge is -2.01. The SMILES string of the molecule is O=c1[nH]nnn1Nc1ccccc1. The Labute approximate surface area is 73.2 Å². The zero-order chi connectivity index (χ0) is 9.10. The number of aromatic amines is 1. The van der Waals surface area contributed by atoms with Gasteiger partial charge in [0.15, 0.2) is 0 Å². The van der Waals surface area contributed by atoms with Crippen LogP contribution in [0.2, 0.25) is 0 Å². The van der Waals surface area contributed by atoms with E-state index in [1.165, 1.54) is 0 Å². The van der Waals surface area contributed by atoms with Gasteiger partial charge in [-0.2, -0.15) is 0 Å². The molecule has 0 spiro atoms. The largest absolute Gasteiger partial charge is 0.380 e. The third-order valence-corrected chi connectivity index (χ3v) is 1.48. The van der Waals surface area contributed by atoms with Gasteiger partial charge in [0.25, 0.3) is 0 Å². The smallest absolute Gasteiger partial charge is 0.272 e. The van der Waals surface area contributed by atoms with Crippen molar-refractivity contribution in [3.8, 4) is 0 Å². The number of tetrazole rings is 1. The molecule has 0 amide bonds. The minimum Gasteiger partial charge on any atom is -0.272 e. The fourth-order valence-electron chi connectivity index (χ4n) is 0.906. The number of nitrogens with zero attached hydrogens (tertiary/aromatic N) is 3. The number of rotatable bonds is 2. The molecule has 0 radical (unpaired) electrons. The second-order valence-electron chi connectivity index (χ2n) is 2.40. The first-order valence-corrected chi connectivity index (χ1v) is 3.69. The second kappa shape index (κ2) is 3.10. The molecule has 6 heteroatoms. The highest BCUT2D eigenvalue weighted by molar-refractivity contribution is 5.41. The molecule has 1 aromatic heterocycles. The average molecular weight is 177 g/mol. The van der Waals surface area contributed by atoms with Crippen molar-refractivity contribution in [2.75, 3.05) is 5.43 Å². The average Bonchev–Trinajstić information content (AvgIpc) is 2.54. The van der Waals surface area contributed by atoms with Crippen molar-refractivity contribution < 1.29 is 0 Å². The van der Waals surface area contributed by atoms with Gasteiger partial charge < -0.3 is 0 Å². The van der Waals surface area contributed by atoms with E-state index in [-0.39, 0.29) is 0 Å². The van der Waals surface area contributed by atoms with E-state index < -0.39 is 5.69 Å². The van der Waals surface area contributed by atoms with E-state index in [2.05, 4.69) is 21.0 Å². The summed E-state index contributed by atoms with van der Waals surface area (Å²) in [6.07, 6.45) is 0. The Morgan fingerprint density at radius 2 is 2.08 bits per heavy atom. The van der Waals surface area contributed by atoms with Crippen LogP contribution >= 0.6 is 0 Å². The molecule has 1 aromatic carbocycles. The van der Waals surface area contributed by atoms with Crippen molar-refractivity contribution >= 4 is 5.69 Å². The molecule has 0 aliphatic rings. The molecule has 0 atom stereocenters. The first-order valence-electron chi connectivity index (χ1n) is 3.69. The van der Waals surface area contributed by atoms with Crippen LogP contribution in [-0.2, 0) is 0 Å². The maximum absolute atomic E-state index is 10.9. The highest BCUT2D eigenvalue weighted by Crippen LogP contribution is 2.02. The van der Waals surface area contributed by atoms with Crippen LogP contribution in [0.3, 0.4) is 0 Å². The monoisotopic (exact) mass is 177 g/mol. The molecular formula is C7H7N5O. The summed E-state index contributed by atoms with van der Waals surface area (Å²) in [5.74, 6) is 0. The highest BCUT2D eigenvalue weighted by Gasteiger charge is 1.96. The van der Waals surface area contributed by atoms with E-state index >= 15 is 0 Å². The van der Waals surface area contributed by atoms with Crippen LogP contribution in [-0.4, -0.2) is 20.3 Å². The fourth-order valence-corrected chi connectivity index (χ4v) is 0.906. The number of hydrogen-bond donors (Lipinski definition) is 2. The number of aromatic nitrogens is 4. The summed E-state index contributed by atoms with van der Waals surface area (Å²) >= 11 is 0. The molecule has 0 unspecified atom stereocenters. The number of hydrogen-bond acceptors (Lipinski definition) is 4. The lowest BCUT2D eigenvalue weighted by atomic mass is 10.3. The van der Waals surface area contributed by atoms with Crippen LogP contribution < -0.4 is 11.1 Å². The van der Waals surface area contributed by atoms with E-state index in [1.807, 2.05) is 30.3 Å². The molecule has 0 aliphatic heterocycles. The van der Waals surface area contributed by atoms with Crippen molar-refractivity contribution in [1.29, 1.82) is 0 Å². The Balaban J connectivity index is 2.25. The number of nitrogens with one attached hydrogen (secondary N) is 2. The molecular weight excluding hydrogens is 170 g/mol. The Kier molecular flexibility index (Phi) is 1.79. The van der Waals surface area contributed by atoms with Gasteiger partial charge in [-0.15, -0.1) is 0 Å². The van der Waals surface area contributed by atoms with Crippen LogP contribution in [0.4, 0.5) is 5.69 Å². The van der Waals surface area contributed by atoms with Crippen LogP contribution in [0, 0.1) is 0 Å². The van der Waals surface area contributed by atoms with Crippen molar-refractivity contribution in [2.24, 2.45) is 0 Å². The van der Waals surface area contributed by atoms with Gasteiger partial charge >= 0.3 is 5.69 Å². The lowest BCUT2D eigenvalue weighted by Crippen LogP contribution is -2.24. The summed E-state index contributed by atoms with van der Waals surface area (Å²) in [5.41, 5.74) is 3.13. The third-order valence-electron chi connectivity index (χ3n) is 1.48. The van der Waals surface area contributed by atoms with Gasteiger partial charge in [0.2, 0.25) is 0 Å². The lowest BCUT2D eigenvalue weighted by molar-refractivity contribution is 0.724. The first-order chi connectivity index (χ1) is 6.36. The predicted octanol–water partition coefficient (Wildman–Crippen LogP) is -0.158. The molecule has 1 heterocycles. The molecule has 2 aromatic rings. The van der Waals surface area contributed by atoms with Crippen LogP contribution in [0.25, 0.3) is 0 Å². The van der Waals surface area contributed by atoms with Gasteiger partial charge in [0, 0.05) is 0 Å². The Bertz CT molecular complexity index is 431. The van der Waals surface area contributed by atoms with Gasteiger partial charge in [0.1, 0.15) is 0 Å². The number of H-pyrrole nitrogens is 1. The van der Waals surface area contributed by atoms with Gasteiger partial charge in [-0.3, -0.25) is 5.43 Å². The summed E-state index contributed by atoms with van der Waals surface area (Å²) in [4.78, 5) is 12.0. The molecule has 2 N–H and O–H groups in total. The topological polar surface area (TPSA) is 75.6 Å². The number of benzene rings is 1. The third kappa shape index (κ3) is 1.56. The van der Waals surface area contributed by atoms with E-state index in [0.29, 0.717) is 0 Å². The number of para-hydroxylation sites is 1. The number of anilines is 1. The van der Waals surface area contributed by atoms with Crippen LogP contribution in [0.5, 0.6) is 0 Å². The van der Waals surface area contributed by atoms with E-state index in [9.17, 15) is 4.79 Å². The van der Waals surface area contributed by atoms with E-state index in [1.54, 1.807) is 0 Å². The molecule has 0 bridgehead atoms. The van der Waals surface area contributed by atoms with Crippen LogP contribution in [0.15, 0.2) is 35.1 Å². The molecule has 0 fully saturated rings. The Hall–Kier alpha value is -2.11. The van der Waals surface area contributed by atoms with Crippen molar-refractivity contribution in [1.82, 2.24) is 20.3 Å². The van der Waals surface area contributed by atoms with Crippen molar-refractivity contribution in [3.05, 3.63) is 40.8 Å². The second-order valence-corrected chi connectivity index (χ2v) is 2.40. The maximum atomic E-state index is 10.9. The quantitative estimate of drug-likeness (QED) is 0.668. The molecule has 0 saturated heterocycles. The van der Waals surface area contributed by atoms with Crippen molar-refractivity contribution in [3.63, 3.8) is 0 Å². The van der Waals surface area contributed by atoms with E-state index in [4.69, 9.17) is 0 Å². The summed E-state index contributed by atoms with van der Waals surface area (Å²) in [5, 5.41) is 9.00. The Morgan fingerprint density at radius 1 is 1.31 bits per heavy atom. The maximum Gasteiger partial charge on any atom is 0.380 e. The highest BCUT2D eigenvalue weighted by atomic mass is 16.2. The fraction of sp³-hybridized carbons (Fsp3) is 0. The predicted molar refractivity (Wildman–Crippen MR) is 46.1 cm³/mol. The summed E-state index contributed by atoms with van der Waals surface area (Å²) < 4.78 is 0. The van der Waals surface area contributed by atoms with Gasteiger partial charge in [0.05, 0.1) is 5.69 Å².